The summed E-state index contributed by atoms with van der Waals surface area (Å²) < 4.78 is 0. The molecule has 2 atom stereocenters. The topological polar surface area (TPSA) is 74.8 Å². The number of aromatic amines is 1. The van der Waals surface area contributed by atoms with Gasteiger partial charge in [-0.15, -0.1) is 10.2 Å². The Morgan fingerprint density at radius 2 is 2.00 bits per heavy atom. The van der Waals surface area contributed by atoms with Crippen LogP contribution in [0, 0.1) is 5.92 Å². The van der Waals surface area contributed by atoms with Crippen molar-refractivity contribution in [2.45, 2.75) is 49.7 Å². The van der Waals surface area contributed by atoms with Gasteiger partial charge in [-0.1, -0.05) is 42.8 Å². The Morgan fingerprint density at radius 1 is 1.15 bits per heavy atom. The number of thioether (sulfide) groups is 1. The fourth-order valence-corrected chi connectivity index (χ4v) is 5.38. The highest BCUT2D eigenvalue weighted by Crippen LogP contribution is 2.35. The molecule has 1 N–H and O–H groups in total. The third kappa shape index (κ3) is 3.18. The fourth-order valence-electron chi connectivity index (χ4n) is 4.71. The van der Waals surface area contributed by atoms with Crippen LogP contribution in [0.3, 0.4) is 0 Å². The Kier molecular flexibility index (Phi) is 4.47. The molecule has 6 nitrogen and oxygen atoms in total. The van der Waals surface area contributed by atoms with Gasteiger partial charge in [0.25, 0.3) is 0 Å². The van der Waals surface area contributed by atoms with Crippen molar-refractivity contribution in [1.29, 1.82) is 0 Å². The zero-order chi connectivity index (χ0) is 18.2. The summed E-state index contributed by atoms with van der Waals surface area (Å²) in [4.78, 5) is 22.8. The van der Waals surface area contributed by atoms with Gasteiger partial charge in [0.2, 0.25) is 11.1 Å². The average Bonchev–Trinajstić information content (AvgIpc) is 3.09. The van der Waals surface area contributed by atoms with Crippen molar-refractivity contribution in [2.75, 3.05) is 12.3 Å². The Balaban J connectivity index is 1.30. The lowest BCUT2D eigenvalue weighted by atomic mass is 9.78. The van der Waals surface area contributed by atoms with Crippen molar-refractivity contribution < 1.29 is 4.79 Å². The number of para-hydroxylation sites is 1. The van der Waals surface area contributed by atoms with Crippen LogP contribution in [0.25, 0.3) is 22.1 Å². The van der Waals surface area contributed by atoms with Crippen LogP contribution in [0.5, 0.6) is 0 Å². The van der Waals surface area contributed by atoms with Crippen LogP contribution in [0.2, 0.25) is 0 Å². The molecule has 0 bridgehead atoms. The van der Waals surface area contributed by atoms with Crippen LogP contribution in [0.15, 0.2) is 29.4 Å². The largest absolute Gasteiger partial charge is 0.339 e. The molecule has 1 saturated carbocycles. The number of H-pyrrole nitrogens is 1. The van der Waals surface area contributed by atoms with E-state index in [1.165, 1.54) is 43.9 Å². The van der Waals surface area contributed by atoms with Crippen LogP contribution in [0.1, 0.15) is 38.5 Å². The molecule has 140 valence electrons. The molecular weight excluding hydrogens is 358 g/mol. The lowest BCUT2D eigenvalue weighted by molar-refractivity contribution is -0.134. The molecule has 1 aromatic carbocycles. The fraction of sp³-hybridized carbons (Fsp3) is 0.500. The van der Waals surface area contributed by atoms with E-state index in [0.717, 1.165) is 35.0 Å². The predicted molar refractivity (Wildman–Crippen MR) is 107 cm³/mol. The number of likely N-dealkylation sites (tertiary alicyclic amines) is 1. The summed E-state index contributed by atoms with van der Waals surface area (Å²) in [6, 6.07) is 8.44. The van der Waals surface area contributed by atoms with Crippen molar-refractivity contribution >= 4 is 39.7 Å². The van der Waals surface area contributed by atoms with E-state index in [0.29, 0.717) is 22.9 Å². The van der Waals surface area contributed by atoms with E-state index in [1.54, 1.807) is 0 Å². The maximum atomic E-state index is 12.9. The number of hydrogen-bond acceptors (Lipinski definition) is 5. The molecule has 27 heavy (non-hydrogen) atoms. The summed E-state index contributed by atoms with van der Waals surface area (Å²) >= 11 is 1.39. The summed E-state index contributed by atoms with van der Waals surface area (Å²) in [6.07, 6.45) is 7.44. The number of amides is 1. The molecule has 1 saturated heterocycles. The summed E-state index contributed by atoms with van der Waals surface area (Å²) in [6.45, 7) is 0.903. The minimum Gasteiger partial charge on any atom is -0.339 e. The molecule has 2 fully saturated rings. The van der Waals surface area contributed by atoms with Crippen LogP contribution in [0.4, 0.5) is 0 Å². The number of fused-ring (bicyclic) bond motifs is 4. The Morgan fingerprint density at radius 3 is 2.96 bits per heavy atom. The number of nitrogens with zero attached hydrogens (tertiary/aromatic N) is 4. The molecular formula is C20H23N5OS. The van der Waals surface area contributed by atoms with E-state index >= 15 is 0 Å². The monoisotopic (exact) mass is 381 g/mol. The smallest absolute Gasteiger partial charge is 0.233 e. The third-order valence-electron chi connectivity index (χ3n) is 5.99. The number of carbonyl (C=O) groups excluding carboxylic acids is 1. The standard InChI is InChI=1S/C20H23N5OS/c26-17(25-11-5-7-13-6-1-4-10-16(13)25)12-27-20-22-19-18(23-24-20)14-8-2-3-9-15(14)21-19/h2-3,8-9,13,16H,1,4-7,10-12H2,(H,21,22,24)/t13-,16-/m0/s1. The number of piperidine rings is 1. The van der Waals surface area contributed by atoms with E-state index in [-0.39, 0.29) is 5.91 Å². The van der Waals surface area contributed by atoms with Gasteiger partial charge >= 0.3 is 0 Å². The summed E-state index contributed by atoms with van der Waals surface area (Å²) in [5.74, 6) is 1.32. The Labute approximate surface area is 162 Å². The maximum Gasteiger partial charge on any atom is 0.233 e. The number of benzene rings is 1. The van der Waals surface area contributed by atoms with E-state index in [9.17, 15) is 4.79 Å². The van der Waals surface area contributed by atoms with E-state index in [2.05, 4.69) is 25.1 Å². The Hall–Kier alpha value is -2.15. The molecule has 3 aromatic rings. The van der Waals surface area contributed by atoms with Gasteiger partial charge in [-0.05, 0) is 37.7 Å². The molecule has 1 aliphatic carbocycles. The molecule has 1 aliphatic heterocycles. The molecule has 7 heteroatoms. The number of hydrogen-bond donors (Lipinski definition) is 1. The quantitative estimate of drug-likeness (QED) is 0.699. The SMILES string of the molecule is O=C(CSc1nnc2c(n1)[nH]c1ccccc12)N1CCC[C@@H]2CCCC[C@@H]21. The van der Waals surface area contributed by atoms with Gasteiger partial charge in [-0.25, -0.2) is 4.98 Å². The first-order valence-electron chi connectivity index (χ1n) is 9.83. The van der Waals surface area contributed by atoms with Crippen molar-refractivity contribution in [3.05, 3.63) is 24.3 Å². The predicted octanol–water partition coefficient (Wildman–Crippen LogP) is 3.78. The van der Waals surface area contributed by atoms with Gasteiger partial charge in [-0.2, -0.15) is 0 Å². The molecule has 5 rings (SSSR count). The van der Waals surface area contributed by atoms with E-state index < -0.39 is 0 Å². The normalized spacial score (nSPS) is 22.9. The minimum absolute atomic E-state index is 0.219. The second-order valence-electron chi connectivity index (χ2n) is 7.59. The van der Waals surface area contributed by atoms with Crippen LogP contribution in [-0.4, -0.2) is 49.3 Å². The Bertz CT molecular complexity index is 985. The molecule has 3 heterocycles. The highest BCUT2D eigenvalue weighted by Gasteiger charge is 2.35. The van der Waals surface area contributed by atoms with Gasteiger partial charge in [-0.3, -0.25) is 4.79 Å². The zero-order valence-electron chi connectivity index (χ0n) is 15.2. The van der Waals surface area contributed by atoms with Crippen molar-refractivity contribution in [2.24, 2.45) is 5.92 Å². The van der Waals surface area contributed by atoms with Crippen LogP contribution in [-0.2, 0) is 4.79 Å². The first-order valence-corrected chi connectivity index (χ1v) is 10.8. The lowest BCUT2D eigenvalue weighted by Crippen LogP contribution is -2.50. The molecule has 2 aliphatic rings. The van der Waals surface area contributed by atoms with Gasteiger partial charge in [0, 0.05) is 23.5 Å². The van der Waals surface area contributed by atoms with E-state index in [1.807, 2.05) is 24.3 Å². The van der Waals surface area contributed by atoms with Crippen LogP contribution < -0.4 is 0 Å². The van der Waals surface area contributed by atoms with Crippen molar-refractivity contribution in [3.8, 4) is 0 Å². The van der Waals surface area contributed by atoms with Crippen LogP contribution >= 0.6 is 11.8 Å². The summed E-state index contributed by atoms with van der Waals surface area (Å²) in [5, 5.41) is 10.2. The van der Waals surface area contributed by atoms with Gasteiger partial charge in [0.1, 0.15) is 5.52 Å². The van der Waals surface area contributed by atoms with E-state index in [4.69, 9.17) is 0 Å². The van der Waals surface area contributed by atoms with Crippen molar-refractivity contribution in [1.82, 2.24) is 25.1 Å². The molecule has 0 spiro atoms. The molecule has 0 radical (unpaired) electrons. The average molecular weight is 382 g/mol. The summed E-state index contributed by atoms with van der Waals surface area (Å²) in [7, 11) is 0. The highest BCUT2D eigenvalue weighted by atomic mass is 32.2. The first kappa shape index (κ1) is 17.0. The van der Waals surface area contributed by atoms with Gasteiger partial charge in [0.15, 0.2) is 5.65 Å². The second kappa shape index (κ2) is 7.11. The second-order valence-corrected chi connectivity index (χ2v) is 8.53. The summed E-state index contributed by atoms with van der Waals surface area (Å²) in [5.41, 5.74) is 2.51. The van der Waals surface area contributed by atoms with Gasteiger partial charge in [0.05, 0.1) is 5.75 Å². The minimum atomic E-state index is 0.219. The number of nitrogens with one attached hydrogen (secondary N) is 1. The molecule has 2 aromatic heterocycles. The molecule has 0 unspecified atom stereocenters. The first-order chi connectivity index (χ1) is 13.3. The van der Waals surface area contributed by atoms with Crippen molar-refractivity contribution in [3.63, 3.8) is 0 Å². The highest BCUT2D eigenvalue weighted by molar-refractivity contribution is 7.99. The number of aromatic nitrogens is 4. The van der Waals surface area contributed by atoms with Gasteiger partial charge < -0.3 is 9.88 Å². The zero-order valence-corrected chi connectivity index (χ0v) is 16.0. The third-order valence-corrected chi connectivity index (χ3v) is 6.81. The number of carbonyl (C=O) groups is 1. The number of rotatable bonds is 3. The maximum absolute atomic E-state index is 12.9. The molecule has 1 amide bonds. The lowest BCUT2D eigenvalue weighted by Gasteiger charge is -2.44.